The number of ether oxygens (including phenoxy) is 1. The van der Waals surface area contributed by atoms with Crippen LogP contribution in [0.2, 0.25) is 0 Å². The summed E-state index contributed by atoms with van der Waals surface area (Å²) in [4.78, 5) is 12.7. The normalized spacial score (nSPS) is 11.7. The molecule has 0 fully saturated rings. The molecule has 1 amide bonds. The Labute approximate surface area is 180 Å². The number of amides is 1. The van der Waals surface area contributed by atoms with Gasteiger partial charge in [0.2, 0.25) is 10.0 Å². The van der Waals surface area contributed by atoms with Crippen LogP contribution in [0.25, 0.3) is 22.3 Å². The minimum Gasteiger partial charge on any atom is -0.489 e. The van der Waals surface area contributed by atoms with Gasteiger partial charge in [-0.3, -0.25) is 9.10 Å². The number of carbonyl (C=O) groups excluding carboxylic acids is 1. The summed E-state index contributed by atoms with van der Waals surface area (Å²) >= 11 is 0. The number of hydrogen-bond acceptors (Lipinski definition) is 5. The number of hydrogen-bond donors (Lipinski definition) is 1. The first-order chi connectivity index (χ1) is 14.6. The van der Waals surface area contributed by atoms with Gasteiger partial charge in [-0.05, 0) is 51.1 Å². The number of nitrogens with zero attached hydrogens (tertiary/aromatic N) is 1. The second-order valence-electron chi connectivity index (χ2n) is 7.30. The Hall–Kier alpha value is -3.07. The average Bonchev–Trinajstić information content (AvgIpc) is 3.05. The predicted octanol–water partition coefficient (Wildman–Crippen LogP) is 4.17. The lowest BCUT2D eigenvalue weighted by Crippen LogP contribution is -2.30. The fourth-order valence-corrected chi connectivity index (χ4v) is 4.36. The predicted molar refractivity (Wildman–Crippen MR) is 119 cm³/mol. The van der Waals surface area contributed by atoms with Crippen molar-refractivity contribution in [2.45, 2.75) is 26.9 Å². The van der Waals surface area contributed by atoms with Crippen LogP contribution in [0.4, 0.5) is 10.1 Å². The summed E-state index contributed by atoms with van der Waals surface area (Å²) in [6.07, 6.45) is 0.878. The molecule has 31 heavy (non-hydrogen) atoms. The third-order valence-corrected chi connectivity index (χ3v) is 5.90. The van der Waals surface area contributed by atoms with Gasteiger partial charge in [0.25, 0.3) is 5.91 Å². The first kappa shape index (κ1) is 22.6. The fraction of sp³-hybridized carbons (Fsp3) is 0.318. The minimum absolute atomic E-state index is 0.187. The van der Waals surface area contributed by atoms with Gasteiger partial charge in [-0.2, -0.15) is 0 Å². The highest BCUT2D eigenvalue weighted by Gasteiger charge is 2.27. The van der Waals surface area contributed by atoms with E-state index in [2.05, 4.69) is 5.32 Å². The molecule has 0 atom stereocenters. The molecule has 2 aromatic carbocycles. The molecule has 0 spiro atoms. The molecule has 1 N–H and O–H groups in total. The molecule has 0 saturated carbocycles. The second-order valence-corrected chi connectivity index (χ2v) is 9.21. The van der Waals surface area contributed by atoms with Crippen molar-refractivity contribution in [3.05, 3.63) is 47.8 Å². The molecule has 9 heteroatoms. The Morgan fingerprint density at radius 1 is 1.23 bits per heavy atom. The van der Waals surface area contributed by atoms with Gasteiger partial charge in [0.1, 0.15) is 22.9 Å². The van der Waals surface area contributed by atoms with Crippen LogP contribution in [-0.4, -0.2) is 40.3 Å². The summed E-state index contributed by atoms with van der Waals surface area (Å²) < 4.78 is 51.2. The van der Waals surface area contributed by atoms with E-state index in [0.29, 0.717) is 28.0 Å². The fourth-order valence-electron chi connectivity index (χ4n) is 3.39. The highest BCUT2D eigenvalue weighted by atomic mass is 32.2. The van der Waals surface area contributed by atoms with E-state index in [9.17, 15) is 17.6 Å². The Bertz CT molecular complexity index is 1220. The van der Waals surface area contributed by atoms with E-state index in [1.807, 2.05) is 13.8 Å². The lowest BCUT2D eigenvalue weighted by atomic mass is 10.0. The van der Waals surface area contributed by atoms with Crippen molar-refractivity contribution < 1.29 is 26.8 Å². The molecule has 0 radical (unpaired) electrons. The zero-order valence-electron chi connectivity index (χ0n) is 18.0. The zero-order chi connectivity index (χ0) is 22.9. The van der Waals surface area contributed by atoms with Crippen molar-refractivity contribution in [1.29, 1.82) is 0 Å². The number of anilines is 1. The first-order valence-corrected chi connectivity index (χ1v) is 11.6. The third-order valence-electron chi connectivity index (χ3n) is 4.65. The van der Waals surface area contributed by atoms with Crippen molar-refractivity contribution in [2.75, 3.05) is 24.2 Å². The number of fused-ring (bicyclic) bond motifs is 1. The molecule has 3 rings (SSSR count). The van der Waals surface area contributed by atoms with Gasteiger partial charge in [0, 0.05) is 30.6 Å². The Balaban J connectivity index is 2.36. The van der Waals surface area contributed by atoms with Gasteiger partial charge >= 0.3 is 0 Å². The molecule has 7 nitrogen and oxygen atoms in total. The number of furan rings is 1. The number of halogens is 1. The quantitative estimate of drug-likeness (QED) is 0.586. The van der Waals surface area contributed by atoms with Gasteiger partial charge in [-0.15, -0.1) is 0 Å². The van der Waals surface area contributed by atoms with E-state index in [-0.39, 0.29) is 24.0 Å². The maximum Gasteiger partial charge on any atom is 0.255 e. The van der Waals surface area contributed by atoms with E-state index in [1.165, 1.54) is 35.6 Å². The molecule has 0 bridgehead atoms. The smallest absolute Gasteiger partial charge is 0.255 e. The van der Waals surface area contributed by atoms with E-state index in [4.69, 9.17) is 9.15 Å². The molecule has 1 aromatic heterocycles. The van der Waals surface area contributed by atoms with Crippen LogP contribution in [-0.2, 0) is 10.0 Å². The van der Waals surface area contributed by atoms with Crippen molar-refractivity contribution in [2.24, 2.45) is 0 Å². The molecule has 0 saturated heterocycles. The maximum atomic E-state index is 13.4. The topological polar surface area (TPSA) is 88.8 Å². The Morgan fingerprint density at radius 2 is 1.87 bits per heavy atom. The summed E-state index contributed by atoms with van der Waals surface area (Å²) in [5.41, 5.74) is 1.39. The summed E-state index contributed by atoms with van der Waals surface area (Å²) in [5, 5.41) is 3.05. The van der Waals surface area contributed by atoms with E-state index < -0.39 is 21.7 Å². The van der Waals surface area contributed by atoms with Crippen molar-refractivity contribution in [3.8, 4) is 17.1 Å². The molecule has 0 aliphatic rings. The van der Waals surface area contributed by atoms with Crippen LogP contribution in [0.1, 0.15) is 31.1 Å². The first-order valence-electron chi connectivity index (χ1n) is 9.79. The highest BCUT2D eigenvalue weighted by Crippen LogP contribution is 2.41. The standard InChI is InChI=1S/C22H25FN2O5S/c1-6-25(31(5,27)28)17-12-18-16(11-19(17)29-13(2)3)20(22(26)24-4)21(30-18)14-7-9-15(23)10-8-14/h7-13H,6H2,1-5H3,(H,24,26). The molecule has 0 unspecified atom stereocenters. The van der Waals surface area contributed by atoms with Crippen LogP contribution in [0.5, 0.6) is 5.75 Å². The average molecular weight is 449 g/mol. The van der Waals surface area contributed by atoms with E-state index in [0.717, 1.165) is 6.26 Å². The van der Waals surface area contributed by atoms with Crippen LogP contribution < -0.4 is 14.4 Å². The second kappa shape index (κ2) is 8.58. The third kappa shape index (κ3) is 4.51. The maximum absolute atomic E-state index is 13.4. The molecular weight excluding hydrogens is 423 g/mol. The van der Waals surface area contributed by atoms with Gasteiger partial charge < -0.3 is 14.5 Å². The van der Waals surface area contributed by atoms with Crippen LogP contribution >= 0.6 is 0 Å². The van der Waals surface area contributed by atoms with Gasteiger partial charge in [0.15, 0.2) is 0 Å². The number of rotatable bonds is 7. The van der Waals surface area contributed by atoms with Gasteiger partial charge in [-0.1, -0.05) is 0 Å². The zero-order valence-corrected chi connectivity index (χ0v) is 18.8. The molecule has 3 aromatic rings. The van der Waals surface area contributed by atoms with Crippen molar-refractivity contribution in [3.63, 3.8) is 0 Å². The van der Waals surface area contributed by atoms with Crippen LogP contribution in [0, 0.1) is 5.82 Å². The summed E-state index contributed by atoms with van der Waals surface area (Å²) in [5.74, 6) is -0.240. The monoisotopic (exact) mass is 448 g/mol. The molecule has 0 aliphatic carbocycles. The lowest BCUT2D eigenvalue weighted by molar-refractivity contribution is 0.0964. The molecule has 166 valence electrons. The summed E-state index contributed by atoms with van der Waals surface area (Å²) in [6, 6.07) is 8.74. The minimum atomic E-state index is -3.59. The van der Waals surface area contributed by atoms with Crippen molar-refractivity contribution in [1.82, 2.24) is 5.32 Å². The molecule has 0 aliphatic heterocycles. The summed E-state index contributed by atoms with van der Waals surface area (Å²) in [7, 11) is -2.09. The highest BCUT2D eigenvalue weighted by molar-refractivity contribution is 7.92. The van der Waals surface area contributed by atoms with Gasteiger partial charge in [-0.25, -0.2) is 12.8 Å². The van der Waals surface area contributed by atoms with Crippen LogP contribution in [0.3, 0.4) is 0 Å². The molecule has 1 heterocycles. The SMILES string of the molecule is CCN(c1cc2oc(-c3ccc(F)cc3)c(C(=O)NC)c2cc1OC(C)C)S(C)(=O)=O. The van der Waals surface area contributed by atoms with Gasteiger partial charge in [0.05, 0.1) is 23.6 Å². The number of nitrogens with one attached hydrogen (secondary N) is 1. The number of sulfonamides is 1. The van der Waals surface area contributed by atoms with E-state index in [1.54, 1.807) is 19.1 Å². The lowest BCUT2D eigenvalue weighted by Gasteiger charge is -2.24. The Kier molecular flexibility index (Phi) is 6.26. The number of benzene rings is 2. The number of carbonyl (C=O) groups is 1. The van der Waals surface area contributed by atoms with Crippen molar-refractivity contribution >= 4 is 32.6 Å². The van der Waals surface area contributed by atoms with E-state index >= 15 is 0 Å². The summed E-state index contributed by atoms with van der Waals surface area (Å²) in [6.45, 7) is 5.55. The van der Waals surface area contributed by atoms with Crippen LogP contribution in [0.15, 0.2) is 40.8 Å². The largest absolute Gasteiger partial charge is 0.489 e. The molecular formula is C22H25FN2O5S. The Morgan fingerprint density at radius 3 is 2.39 bits per heavy atom.